The number of benzene rings is 1. The second-order valence-electron chi connectivity index (χ2n) is 4.21. The zero-order chi connectivity index (χ0) is 12.7. The summed E-state index contributed by atoms with van der Waals surface area (Å²) >= 11 is 0. The van der Waals surface area contributed by atoms with Crippen LogP contribution in [0.25, 0.3) is 0 Å². The molecule has 0 heterocycles. The van der Waals surface area contributed by atoms with Crippen LogP contribution in [-0.4, -0.2) is 37.5 Å². The minimum absolute atomic E-state index is 0.271. The Labute approximate surface area is 103 Å². The second kappa shape index (κ2) is 7.14. The summed E-state index contributed by atoms with van der Waals surface area (Å²) in [6, 6.07) is 7.70. The Bertz CT molecular complexity index is 328. The molecular weight excluding hydrogens is 218 g/mol. The Morgan fingerprint density at radius 3 is 2.65 bits per heavy atom. The van der Waals surface area contributed by atoms with E-state index in [9.17, 15) is 5.11 Å². The first kappa shape index (κ1) is 13.8. The minimum atomic E-state index is -0.511. The summed E-state index contributed by atoms with van der Waals surface area (Å²) < 4.78 is 10.6. The highest BCUT2D eigenvalue weighted by atomic mass is 16.5. The van der Waals surface area contributed by atoms with Gasteiger partial charge in [0.25, 0.3) is 0 Å². The predicted molar refractivity (Wildman–Crippen MR) is 67.6 cm³/mol. The van der Waals surface area contributed by atoms with E-state index < -0.39 is 6.10 Å². The van der Waals surface area contributed by atoms with Gasteiger partial charge in [-0.05, 0) is 12.1 Å². The van der Waals surface area contributed by atoms with Crippen LogP contribution in [0, 0.1) is 0 Å². The summed E-state index contributed by atoms with van der Waals surface area (Å²) in [4.78, 5) is 0. The molecular formula is C13H21NO3. The molecule has 4 heteroatoms. The standard InChI is InChI=1S/C13H21NO3/c1-10(2)14-8-11(15)9-17-13-6-4-5-12(7-13)16-3/h4-7,10-11,14-15H,8-9H2,1-3H3. The molecule has 1 aromatic rings. The summed E-state index contributed by atoms with van der Waals surface area (Å²) in [6.45, 7) is 4.87. The molecule has 0 radical (unpaired) electrons. The molecule has 0 aliphatic heterocycles. The smallest absolute Gasteiger partial charge is 0.123 e. The third-order valence-electron chi connectivity index (χ3n) is 2.25. The molecule has 1 unspecified atom stereocenters. The number of hydrogen-bond acceptors (Lipinski definition) is 4. The van der Waals surface area contributed by atoms with Gasteiger partial charge >= 0.3 is 0 Å². The van der Waals surface area contributed by atoms with Gasteiger partial charge in [0.15, 0.2) is 0 Å². The normalized spacial score (nSPS) is 12.5. The van der Waals surface area contributed by atoms with E-state index in [2.05, 4.69) is 5.32 Å². The fraction of sp³-hybridized carbons (Fsp3) is 0.538. The molecule has 0 saturated heterocycles. The zero-order valence-electron chi connectivity index (χ0n) is 10.6. The van der Waals surface area contributed by atoms with E-state index in [1.807, 2.05) is 32.0 Å². The molecule has 0 aliphatic carbocycles. The van der Waals surface area contributed by atoms with E-state index in [1.54, 1.807) is 13.2 Å². The van der Waals surface area contributed by atoms with Gasteiger partial charge in [0.05, 0.1) is 7.11 Å². The topological polar surface area (TPSA) is 50.7 Å². The number of rotatable bonds is 7. The van der Waals surface area contributed by atoms with E-state index in [0.717, 1.165) is 5.75 Å². The van der Waals surface area contributed by atoms with Crippen molar-refractivity contribution >= 4 is 0 Å². The molecule has 1 aromatic carbocycles. The van der Waals surface area contributed by atoms with Crippen molar-refractivity contribution in [2.45, 2.75) is 26.0 Å². The van der Waals surface area contributed by atoms with E-state index in [0.29, 0.717) is 18.3 Å². The van der Waals surface area contributed by atoms with E-state index in [-0.39, 0.29) is 6.61 Å². The zero-order valence-corrected chi connectivity index (χ0v) is 10.6. The number of aliphatic hydroxyl groups is 1. The maximum Gasteiger partial charge on any atom is 0.123 e. The van der Waals surface area contributed by atoms with Gasteiger partial charge in [0, 0.05) is 18.7 Å². The van der Waals surface area contributed by atoms with Crippen LogP contribution in [0.1, 0.15) is 13.8 Å². The highest BCUT2D eigenvalue weighted by Crippen LogP contribution is 2.18. The van der Waals surface area contributed by atoms with Crippen LogP contribution in [0.2, 0.25) is 0 Å². The molecule has 0 amide bonds. The van der Waals surface area contributed by atoms with E-state index in [4.69, 9.17) is 9.47 Å². The lowest BCUT2D eigenvalue weighted by Gasteiger charge is -2.15. The molecule has 17 heavy (non-hydrogen) atoms. The van der Waals surface area contributed by atoms with Crippen LogP contribution in [0.3, 0.4) is 0 Å². The lowest BCUT2D eigenvalue weighted by molar-refractivity contribution is 0.104. The van der Waals surface area contributed by atoms with Crippen molar-refractivity contribution in [2.24, 2.45) is 0 Å². The van der Waals surface area contributed by atoms with Crippen molar-refractivity contribution in [2.75, 3.05) is 20.3 Å². The lowest BCUT2D eigenvalue weighted by atomic mass is 10.3. The Hall–Kier alpha value is -1.26. The minimum Gasteiger partial charge on any atom is -0.497 e. The van der Waals surface area contributed by atoms with Crippen LogP contribution in [-0.2, 0) is 0 Å². The van der Waals surface area contributed by atoms with Gasteiger partial charge in [-0.2, -0.15) is 0 Å². The largest absolute Gasteiger partial charge is 0.497 e. The number of nitrogens with one attached hydrogen (secondary N) is 1. The molecule has 96 valence electrons. The summed E-state index contributed by atoms with van der Waals surface area (Å²) in [7, 11) is 1.61. The van der Waals surface area contributed by atoms with Crippen LogP contribution in [0.5, 0.6) is 11.5 Å². The lowest BCUT2D eigenvalue weighted by Crippen LogP contribution is -2.35. The maximum atomic E-state index is 9.67. The van der Waals surface area contributed by atoms with Gasteiger partial charge in [-0.1, -0.05) is 19.9 Å². The van der Waals surface area contributed by atoms with E-state index in [1.165, 1.54) is 0 Å². The van der Waals surface area contributed by atoms with Crippen molar-refractivity contribution < 1.29 is 14.6 Å². The molecule has 4 nitrogen and oxygen atoms in total. The fourth-order valence-electron chi connectivity index (χ4n) is 1.31. The van der Waals surface area contributed by atoms with Crippen molar-refractivity contribution in [3.05, 3.63) is 24.3 Å². The van der Waals surface area contributed by atoms with Gasteiger partial charge in [-0.25, -0.2) is 0 Å². The predicted octanol–water partition coefficient (Wildman–Crippen LogP) is 1.43. The molecule has 1 rings (SSSR count). The Balaban J connectivity index is 2.33. The van der Waals surface area contributed by atoms with Crippen molar-refractivity contribution in [3.8, 4) is 11.5 Å². The maximum absolute atomic E-state index is 9.67. The molecule has 1 atom stereocenters. The molecule has 0 saturated carbocycles. The monoisotopic (exact) mass is 239 g/mol. The Morgan fingerprint density at radius 1 is 1.29 bits per heavy atom. The summed E-state index contributed by atoms with van der Waals surface area (Å²) in [6.07, 6.45) is -0.511. The average Bonchev–Trinajstić information content (AvgIpc) is 2.34. The molecule has 0 spiro atoms. The first-order valence-electron chi connectivity index (χ1n) is 5.80. The van der Waals surface area contributed by atoms with Gasteiger partial charge in [0.1, 0.15) is 24.2 Å². The third-order valence-corrected chi connectivity index (χ3v) is 2.25. The highest BCUT2D eigenvalue weighted by molar-refractivity contribution is 5.32. The fourth-order valence-corrected chi connectivity index (χ4v) is 1.31. The van der Waals surface area contributed by atoms with Crippen LogP contribution < -0.4 is 14.8 Å². The van der Waals surface area contributed by atoms with Crippen LogP contribution in [0.4, 0.5) is 0 Å². The van der Waals surface area contributed by atoms with Crippen molar-refractivity contribution in [1.29, 1.82) is 0 Å². The number of aliphatic hydroxyl groups excluding tert-OH is 1. The number of methoxy groups -OCH3 is 1. The summed E-state index contributed by atoms with van der Waals surface area (Å²) in [5.41, 5.74) is 0. The van der Waals surface area contributed by atoms with Gasteiger partial charge in [-0.15, -0.1) is 0 Å². The number of ether oxygens (including phenoxy) is 2. The van der Waals surface area contributed by atoms with Gasteiger partial charge in [-0.3, -0.25) is 0 Å². The molecule has 0 aliphatic rings. The Morgan fingerprint density at radius 2 is 2.00 bits per heavy atom. The van der Waals surface area contributed by atoms with Crippen molar-refractivity contribution in [1.82, 2.24) is 5.32 Å². The van der Waals surface area contributed by atoms with Crippen molar-refractivity contribution in [3.63, 3.8) is 0 Å². The van der Waals surface area contributed by atoms with Crippen LogP contribution >= 0.6 is 0 Å². The summed E-state index contributed by atoms with van der Waals surface area (Å²) in [5, 5.41) is 12.8. The average molecular weight is 239 g/mol. The van der Waals surface area contributed by atoms with Crippen LogP contribution in [0.15, 0.2) is 24.3 Å². The SMILES string of the molecule is COc1cccc(OCC(O)CNC(C)C)c1. The molecule has 0 bridgehead atoms. The highest BCUT2D eigenvalue weighted by Gasteiger charge is 2.06. The third kappa shape index (κ3) is 5.56. The molecule has 0 fully saturated rings. The summed E-state index contributed by atoms with van der Waals surface area (Å²) in [5.74, 6) is 1.45. The van der Waals surface area contributed by atoms with Gasteiger partial charge < -0.3 is 19.9 Å². The van der Waals surface area contributed by atoms with Gasteiger partial charge in [0.2, 0.25) is 0 Å². The second-order valence-corrected chi connectivity index (χ2v) is 4.21. The molecule has 0 aromatic heterocycles. The first-order valence-corrected chi connectivity index (χ1v) is 5.80. The van der Waals surface area contributed by atoms with E-state index >= 15 is 0 Å². The first-order chi connectivity index (χ1) is 8.11. The Kier molecular flexibility index (Phi) is 5.80. The number of hydrogen-bond donors (Lipinski definition) is 2. The molecule has 2 N–H and O–H groups in total. The quantitative estimate of drug-likeness (QED) is 0.756.